The highest BCUT2D eigenvalue weighted by Gasteiger charge is 2.33. The van der Waals surface area contributed by atoms with Gasteiger partial charge in [0.25, 0.3) is 0 Å². The number of halogens is 1. The van der Waals surface area contributed by atoms with Crippen LogP contribution < -0.4 is 21.1 Å². The molecule has 6 nitrogen and oxygen atoms in total. The number of amides is 1. The highest BCUT2D eigenvalue weighted by molar-refractivity contribution is 14.0. The standard InChI is InChI=1S/C21H26N4O2.HI/c1-21(2)12-17(16-9-4-5-10-18(16)27-21)25-20(23-3)24-13-14-7-6-8-15(11-14)19(22)26;/h4-11,17H,12-13H2,1-3H3,(H2,22,26)(H2,23,24,25);1H. The summed E-state index contributed by atoms with van der Waals surface area (Å²) >= 11 is 0. The van der Waals surface area contributed by atoms with Crippen molar-refractivity contribution in [1.82, 2.24) is 10.6 Å². The van der Waals surface area contributed by atoms with Crippen molar-refractivity contribution >= 4 is 35.8 Å². The fourth-order valence-corrected chi connectivity index (χ4v) is 3.31. The van der Waals surface area contributed by atoms with Crippen LogP contribution in [-0.4, -0.2) is 24.5 Å². The summed E-state index contributed by atoms with van der Waals surface area (Å²) in [6.45, 7) is 4.71. The van der Waals surface area contributed by atoms with E-state index in [0.29, 0.717) is 18.1 Å². The van der Waals surface area contributed by atoms with Gasteiger partial charge in [-0.25, -0.2) is 0 Å². The molecule has 0 saturated carbocycles. The molecule has 28 heavy (non-hydrogen) atoms. The predicted molar refractivity (Wildman–Crippen MR) is 122 cm³/mol. The number of nitrogens with zero attached hydrogens (tertiary/aromatic N) is 1. The van der Waals surface area contributed by atoms with Gasteiger partial charge in [0, 0.05) is 31.1 Å². The van der Waals surface area contributed by atoms with Gasteiger partial charge in [-0.2, -0.15) is 0 Å². The molecule has 0 spiro atoms. The van der Waals surface area contributed by atoms with Crippen molar-refractivity contribution in [3.05, 3.63) is 65.2 Å². The molecule has 1 unspecified atom stereocenters. The maximum atomic E-state index is 11.3. The number of rotatable bonds is 4. The number of hydrogen-bond donors (Lipinski definition) is 3. The lowest BCUT2D eigenvalue weighted by Gasteiger charge is -2.38. The lowest BCUT2D eigenvalue weighted by molar-refractivity contribution is 0.0694. The summed E-state index contributed by atoms with van der Waals surface area (Å²) in [7, 11) is 1.74. The number of ether oxygens (including phenoxy) is 1. The lowest BCUT2D eigenvalue weighted by atomic mass is 9.90. The molecular weight excluding hydrogens is 467 g/mol. The zero-order valence-corrected chi connectivity index (χ0v) is 18.7. The SMILES string of the molecule is CN=C(NCc1cccc(C(N)=O)c1)NC1CC(C)(C)Oc2ccccc21.I. The van der Waals surface area contributed by atoms with Crippen LogP contribution in [0.1, 0.15) is 47.8 Å². The Morgan fingerprint density at radius 1 is 1.25 bits per heavy atom. The Balaban J connectivity index is 0.00000280. The van der Waals surface area contributed by atoms with Gasteiger partial charge >= 0.3 is 0 Å². The van der Waals surface area contributed by atoms with E-state index in [9.17, 15) is 4.79 Å². The fourth-order valence-electron chi connectivity index (χ4n) is 3.31. The van der Waals surface area contributed by atoms with Crippen molar-refractivity contribution < 1.29 is 9.53 Å². The van der Waals surface area contributed by atoms with Crippen LogP contribution >= 0.6 is 24.0 Å². The molecule has 1 amide bonds. The third kappa shape index (κ3) is 5.37. The van der Waals surface area contributed by atoms with E-state index in [0.717, 1.165) is 23.3 Å². The largest absolute Gasteiger partial charge is 0.487 e. The Morgan fingerprint density at radius 2 is 2.00 bits per heavy atom. The summed E-state index contributed by atoms with van der Waals surface area (Å²) in [5.41, 5.74) is 7.67. The first kappa shape index (κ1) is 22.0. The van der Waals surface area contributed by atoms with Crippen LogP contribution in [0.2, 0.25) is 0 Å². The zero-order chi connectivity index (χ0) is 19.4. The first-order chi connectivity index (χ1) is 12.9. The fraction of sp³-hybridized carbons (Fsp3) is 0.333. The van der Waals surface area contributed by atoms with Gasteiger partial charge in [0.1, 0.15) is 11.4 Å². The van der Waals surface area contributed by atoms with E-state index in [1.165, 1.54) is 0 Å². The van der Waals surface area contributed by atoms with Gasteiger partial charge in [0.2, 0.25) is 5.91 Å². The number of aliphatic imine (C=N–C) groups is 1. The van der Waals surface area contributed by atoms with Gasteiger partial charge < -0.3 is 21.1 Å². The number of guanidine groups is 1. The maximum Gasteiger partial charge on any atom is 0.248 e. The van der Waals surface area contributed by atoms with Crippen LogP contribution in [0.3, 0.4) is 0 Å². The molecule has 0 fully saturated rings. The van der Waals surface area contributed by atoms with E-state index >= 15 is 0 Å². The number of fused-ring (bicyclic) bond motifs is 1. The van der Waals surface area contributed by atoms with Crippen molar-refractivity contribution in [2.24, 2.45) is 10.7 Å². The van der Waals surface area contributed by atoms with Crippen LogP contribution in [-0.2, 0) is 6.54 Å². The molecule has 1 heterocycles. The molecule has 4 N–H and O–H groups in total. The topological polar surface area (TPSA) is 88.7 Å². The minimum absolute atomic E-state index is 0. The molecule has 2 aromatic carbocycles. The molecule has 3 rings (SSSR count). The van der Waals surface area contributed by atoms with Crippen molar-refractivity contribution in [1.29, 1.82) is 0 Å². The monoisotopic (exact) mass is 494 g/mol. The third-order valence-corrected chi connectivity index (χ3v) is 4.58. The minimum atomic E-state index is -0.430. The molecule has 1 atom stereocenters. The summed E-state index contributed by atoms with van der Waals surface area (Å²) in [5, 5.41) is 6.80. The van der Waals surface area contributed by atoms with Gasteiger partial charge in [-0.15, -0.1) is 24.0 Å². The molecule has 0 saturated heterocycles. The molecule has 0 aliphatic carbocycles. The normalized spacial score (nSPS) is 17.5. The van der Waals surface area contributed by atoms with E-state index in [1.807, 2.05) is 30.3 Å². The first-order valence-electron chi connectivity index (χ1n) is 9.02. The molecule has 1 aliphatic rings. The van der Waals surface area contributed by atoms with E-state index in [-0.39, 0.29) is 35.6 Å². The third-order valence-electron chi connectivity index (χ3n) is 4.58. The van der Waals surface area contributed by atoms with Crippen LogP contribution in [0.15, 0.2) is 53.5 Å². The Hall–Kier alpha value is -2.29. The number of para-hydroxylation sites is 1. The van der Waals surface area contributed by atoms with Gasteiger partial charge in [-0.1, -0.05) is 30.3 Å². The smallest absolute Gasteiger partial charge is 0.248 e. The van der Waals surface area contributed by atoms with E-state index in [1.54, 1.807) is 19.2 Å². The summed E-state index contributed by atoms with van der Waals surface area (Å²) in [6.07, 6.45) is 0.821. The van der Waals surface area contributed by atoms with Gasteiger partial charge in [-0.05, 0) is 37.6 Å². The quantitative estimate of drug-likeness (QED) is 0.346. The Kier molecular flexibility index (Phi) is 7.29. The van der Waals surface area contributed by atoms with Gasteiger partial charge in [-0.3, -0.25) is 9.79 Å². The molecule has 0 bridgehead atoms. The highest BCUT2D eigenvalue weighted by atomic mass is 127. The Bertz CT molecular complexity index is 867. The predicted octanol–water partition coefficient (Wildman–Crippen LogP) is 3.37. The zero-order valence-electron chi connectivity index (χ0n) is 16.4. The van der Waals surface area contributed by atoms with Crippen LogP contribution in [0.4, 0.5) is 0 Å². The Morgan fingerprint density at radius 3 is 2.71 bits per heavy atom. The number of carbonyl (C=O) groups is 1. The highest BCUT2D eigenvalue weighted by Crippen LogP contribution is 2.39. The number of primary amides is 1. The summed E-state index contributed by atoms with van der Waals surface area (Å²) in [5.74, 6) is 1.16. The molecule has 150 valence electrons. The minimum Gasteiger partial charge on any atom is -0.487 e. The molecule has 0 radical (unpaired) electrons. The van der Waals surface area contributed by atoms with Crippen molar-refractivity contribution in [3.8, 4) is 5.75 Å². The Labute approximate surface area is 183 Å². The van der Waals surface area contributed by atoms with E-state index in [2.05, 4.69) is 35.5 Å². The van der Waals surface area contributed by atoms with Crippen LogP contribution in [0.5, 0.6) is 5.75 Å². The average molecular weight is 494 g/mol. The molecule has 1 aliphatic heterocycles. The molecular formula is C21H27IN4O2. The molecule has 0 aromatic heterocycles. The van der Waals surface area contributed by atoms with Gasteiger partial charge in [0.15, 0.2) is 5.96 Å². The van der Waals surface area contributed by atoms with Gasteiger partial charge in [0.05, 0.1) is 6.04 Å². The van der Waals surface area contributed by atoms with Crippen molar-refractivity contribution in [2.75, 3.05) is 7.05 Å². The maximum absolute atomic E-state index is 11.3. The average Bonchev–Trinajstić information content (AvgIpc) is 2.64. The summed E-state index contributed by atoms with van der Waals surface area (Å²) in [4.78, 5) is 15.7. The molecule has 7 heteroatoms. The second-order valence-electron chi connectivity index (χ2n) is 7.29. The summed E-state index contributed by atoms with van der Waals surface area (Å²) < 4.78 is 6.09. The van der Waals surface area contributed by atoms with Crippen molar-refractivity contribution in [3.63, 3.8) is 0 Å². The second-order valence-corrected chi connectivity index (χ2v) is 7.29. The molecule has 2 aromatic rings. The number of nitrogens with two attached hydrogens (primary N) is 1. The van der Waals surface area contributed by atoms with Crippen molar-refractivity contribution in [2.45, 2.75) is 38.5 Å². The number of nitrogens with one attached hydrogen (secondary N) is 2. The second kappa shape index (κ2) is 9.27. The van der Waals surface area contributed by atoms with Crippen LogP contribution in [0.25, 0.3) is 0 Å². The number of benzene rings is 2. The lowest BCUT2D eigenvalue weighted by Crippen LogP contribution is -2.45. The summed E-state index contributed by atoms with van der Waals surface area (Å²) in [6, 6.07) is 15.4. The first-order valence-corrected chi connectivity index (χ1v) is 9.02. The number of carbonyl (C=O) groups excluding carboxylic acids is 1. The van der Waals surface area contributed by atoms with E-state index in [4.69, 9.17) is 10.5 Å². The van der Waals surface area contributed by atoms with Crippen LogP contribution in [0, 0.1) is 0 Å². The van der Waals surface area contributed by atoms with E-state index < -0.39 is 5.91 Å². The number of hydrogen-bond acceptors (Lipinski definition) is 3.